The molecule has 0 unspecified atom stereocenters. The number of carbonyl (C=O) groups excluding carboxylic acids is 2. The van der Waals surface area contributed by atoms with E-state index in [0.717, 1.165) is 10.5 Å². The van der Waals surface area contributed by atoms with E-state index in [9.17, 15) is 9.59 Å². The SMILES string of the molecule is COC(=O)C[CH2][GeH2][CH2]CC(=O)OC. The van der Waals surface area contributed by atoms with Crippen LogP contribution in [0.2, 0.25) is 10.5 Å². The van der Waals surface area contributed by atoms with Crippen molar-refractivity contribution >= 4 is 27.4 Å². The molecule has 0 radical (unpaired) electrons. The van der Waals surface area contributed by atoms with Crippen molar-refractivity contribution in [2.75, 3.05) is 14.2 Å². The van der Waals surface area contributed by atoms with Crippen LogP contribution in [-0.2, 0) is 19.1 Å². The first-order chi connectivity index (χ1) is 6.20. The van der Waals surface area contributed by atoms with Gasteiger partial charge in [0, 0.05) is 0 Å². The monoisotopic (exact) mass is 250 g/mol. The van der Waals surface area contributed by atoms with E-state index in [1.807, 2.05) is 0 Å². The third kappa shape index (κ3) is 7.83. The van der Waals surface area contributed by atoms with Crippen LogP contribution < -0.4 is 0 Å². The van der Waals surface area contributed by atoms with Crippen molar-refractivity contribution in [2.45, 2.75) is 23.3 Å². The summed E-state index contributed by atoms with van der Waals surface area (Å²) in [6, 6.07) is 0. The van der Waals surface area contributed by atoms with Gasteiger partial charge in [0.15, 0.2) is 0 Å². The van der Waals surface area contributed by atoms with Gasteiger partial charge in [0.25, 0.3) is 0 Å². The molecule has 0 spiro atoms. The van der Waals surface area contributed by atoms with Crippen molar-refractivity contribution in [2.24, 2.45) is 0 Å². The number of hydrogen-bond donors (Lipinski definition) is 0. The van der Waals surface area contributed by atoms with E-state index in [1.54, 1.807) is 0 Å². The molecule has 0 aliphatic rings. The Morgan fingerprint density at radius 3 is 1.69 bits per heavy atom. The van der Waals surface area contributed by atoms with Gasteiger partial charge < -0.3 is 0 Å². The molecule has 0 bridgehead atoms. The second kappa shape index (κ2) is 8.10. The Bertz CT molecular complexity index is 152. The molecule has 0 fully saturated rings. The molecule has 0 N–H and O–H groups in total. The zero-order valence-corrected chi connectivity index (χ0v) is 11.1. The van der Waals surface area contributed by atoms with Gasteiger partial charge in [-0.05, 0) is 0 Å². The van der Waals surface area contributed by atoms with Crippen LogP contribution in [-0.4, -0.2) is 41.6 Å². The van der Waals surface area contributed by atoms with Gasteiger partial charge in [-0.1, -0.05) is 0 Å². The molecular weight excluding hydrogens is 233 g/mol. The van der Waals surface area contributed by atoms with Crippen LogP contribution >= 0.6 is 0 Å². The topological polar surface area (TPSA) is 52.6 Å². The first kappa shape index (κ1) is 12.5. The molecule has 0 saturated heterocycles. The zero-order chi connectivity index (χ0) is 10.1. The summed E-state index contributed by atoms with van der Waals surface area (Å²) in [4.78, 5) is 21.4. The minimum atomic E-state index is -0.696. The fourth-order valence-corrected chi connectivity index (χ4v) is 3.92. The number of hydrogen-bond acceptors (Lipinski definition) is 4. The van der Waals surface area contributed by atoms with Gasteiger partial charge in [0.05, 0.1) is 0 Å². The van der Waals surface area contributed by atoms with E-state index in [0.29, 0.717) is 12.8 Å². The summed E-state index contributed by atoms with van der Waals surface area (Å²) in [5.74, 6) is -0.299. The van der Waals surface area contributed by atoms with Crippen LogP contribution in [0.15, 0.2) is 0 Å². The Labute approximate surface area is 84.4 Å². The molecule has 13 heavy (non-hydrogen) atoms. The molecule has 0 amide bonds. The molecular formula is C8H16GeO4. The average molecular weight is 249 g/mol. The van der Waals surface area contributed by atoms with Crippen molar-refractivity contribution in [3.63, 3.8) is 0 Å². The van der Waals surface area contributed by atoms with E-state index >= 15 is 0 Å². The Morgan fingerprint density at radius 1 is 1.00 bits per heavy atom. The van der Waals surface area contributed by atoms with E-state index in [-0.39, 0.29) is 11.9 Å². The van der Waals surface area contributed by atoms with Gasteiger partial charge in [0.2, 0.25) is 0 Å². The van der Waals surface area contributed by atoms with E-state index < -0.39 is 15.4 Å². The van der Waals surface area contributed by atoms with Gasteiger partial charge in [-0.25, -0.2) is 0 Å². The standard InChI is InChI=1S/C8H16GeO4/c1-12-7(10)3-5-9-6-4-8(11)13-2/h3-6,9H2,1-2H3. The second-order valence-electron chi connectivity index (χ2n) is 2.71. The van der Waals surface area contributed by atoms with E-state index in [1.165, 1.54) is 14.2 Å². The van der Waals surface area contributed by atoms with Crippen LogP contribution in [0.5, 0.6) is 0 Å². The Kier molecular flexibility index (Phi) is 7.78. The predicted molar refractivity (Wildman–Crippen MR) is 51.4 cm³/mol. The number of methoxy groups -OCH3 is 2. The van der Waals surface area contributed by atoms with E-state index in [2.05, 4.69) is 9.47 Å². The van der Waals surface area contributed by atoms with Crippen molar-refractivity contribution in [1.82, 2.24) is 0 Å². The molecule has 0 aromatic heterocycles. The normalized spacial score (nSPS) is 9.38. The van der Waals surface area contributed by atoms with Crippen molar-refractivity contribution in [3.05, 3.63) is 0 Å². The molecule has 5 heteroatoms. The second-order valence-corrected chi connectivity index (χ2v) is 7.16. The fraction of sp³-hybridized carbons (Fsp3) is 0.750. The average Bonchev–Trinajstić information content (AvgIpc) is 2.16. The van der Waals surface area contributed by atoms with Crippen LogP contribution in [0.25, 0.3) is 0 Å². The van der Waals surface area contributed by atoms with Gasteiger partial charge in [-0.3, -0.25) is 0 Å². The third-order valence-electron chi connectivity index (χ3n) is 1.72. The van der Waals surface area contributed by atoms with Crippen molar-refractivity contribution in [3.8, 4) is 0 Å². The summed E-state index contributed by atoms with van der Waals surface area (Å²) in [7, 11) is 2.79. The fourth-order valence-electron chi connectivity index (χ4n) is 0.920. The number of esters is 2. The number of ether oxygens (including phenoxy) is 2. The zero-order valence-electron chi connectivity index (χ0n) is 8.17. The van der Waals surface area contributed by atoms with Gasteiger partial charge >= 0.3 is 84.0 Å². The quantitative estimate of drug-likeness (QED) is 0.381. The summed E-state index contributed by atoms with van der Waals surface area (Å²) in [5, 5.41) is 1.91. The molecule has 0 aliphatic heterocycles. The molecule has 0 atom stereocenters. The molecule has 76 valence electrons. The minimum absolute atomic E-state index is 0.149. The molecule has 0 aromatic carbocycles. The summed E-state index contributed by atoms with van der Waals surface area (Å²) in [5.41, 5.74) is 0. The van der Waals surface area contributed by atoms with Gasteiger partial charge in [-0.15, -0.1) is 0 Å². The van der Waals surface area contributed by atoms with Crippen LogP contribution in [0.3, 0.4) is 0 Å². The van der Waals surface area contributed by atoms with Gasteiger partial charge in [-0.2, -0.15) is 0 Å². The van der Waals surface area contributed by atoms with Gasteiger partial charge in [0.1, 0.15) is 0 Å². The molecule has 0 aromatic rings. The molecule has 0 aliphatic carbocycles. The molecule has 0 heterocycles. The Hall–Kier alpha value is -0.517. The number of rotatable bonds is 6. The molecule has 4 nitrogen and oxygen atoms in total. The summed E-state index contributed by atoms with van der Waals surface area (Å²) < 4.78 is 9.00. The molecule has 0 saturated carbocycles. The van der Waals surface area contributed by atoms with E-state index in [4.69, 9.17) is 0 Å². The maximum atomic E-state index is 10.7. The Balaban J connectivity index is 3.17. The number of carbonyl (C=O) groups is 2. The summed E-state index contributed by atoms with van der Waals surface area (Å²) in [6.45, 7) is 0. The van der Waals surface area contributed by atoms with Crippen LogP contribution in [0, 0.1) is 0 Å². The third-order valence-corrected chi connectivity index (χ3v) is 5.30. The molecule has 0 rings (SSSR count). The van der Waals surface area contributed by atoms with Crippen LogP contribution in [0.4, 0.5) is 0 Å². The maximum absolute atomic E-state index is 10.7. The summed E-state index contributed by atoms with van der Waals surface area (Å²) >= 11 is -0.696. The Morgan fingerprint density at radius 2 is 1.38 bits per heavy atom. The van der Waals surface area contributed by atoms with Crippen LogP contribution in [0.1, 0.15) is 12.8 Å². The predicted octanol–water partition coefficient (Wildman–Crippen LogP) is 0.118. The summed E-state index contributed by atoms with van der Waals surface area (Å²) in [6.07, 6.45) is 1.02. The van der Waals surface area contributed by atoms with Crippen molar-refractivity contribution < 1.29 is 19.1 Å². The first-order valence-electron chi connectivity index (χ1n) is 4.34. The van der Waals surface area contributed by atoms with Crippen molar-refractivity contribution in [1.29, 1.82) is 0 Å². The first-order valence-corrected chi connectivity index (χ1v) is 8.54.